The fourth-order valence-electron chi connectivity index (χ4n) is 1.86. The van der Waals surface area contributed by atoms with E-state index in [4.69, 9.17) is 5.73 Å². The van der Waals surface area contributed by atoms with Gasteiger partial charge in [-0.2, -0.15) is 0 Å². The highest BCUT2D eigenvalue weighted by molar-refractivity contribution is 7.90. The van der Waals surface area contributed by atoms with Crippen LogP contribution in [0.1, 0.15) is 12.0 Å². The number of nitrogens with two attached hydrogens (primary N) is 1. The fourth-order valence-corrected chi connectivity index (χ4v) is 2.54. The van der Waals surface area contributed by atoms with E-state index < -0.39 is 28.1 Å². The minimum absolute atomic E-state index is 0.0293. The molecule has 10 heteroatoms. The predicted molar refractivity (Wildman–Crippen MR) is 82.1 cm³/mol. The molecule has 1 rings (SSSR count). The lowest BCUT2D eigenvalue weighted by atomic mass is 10.1. The summed E-state index contributed by atoms with van der Waals surface area (Å²) in [6.45, 7) is 0.0453. The first kappa shape index (κ1) is 20.2. The van der Waals surface area contributed by atoms with Gasteiger partial charge in [-0.25, -0.2) is 8.42 Å². The smallest absolute Gasteiger partial charge is 0.406 e. The Bertz CT molecular complexity index is 662. The van der Waals surface area contributed by atoms with Crippen molar-refractivity contribution in [1.82, 2.24) is 5.32 Å². The predicted octanol–water partition coefficient (Wildman–Crippen LogP) is 1.01. The van der Waals surface area contributed by atoms with Crippen molar-refractivity contribution in [3.63, 3.8) is 0 Å². The molecule has 0 heterocycles. The van der Waals surface area contributed by atoms with Gasteiger partial charge < -0.3 is 15.8 Å². The maximum absolute atomic E-state index is 12.3. The Hall–Kier alpha value is -1.81. The van der Waals surface area contributed by atoms with Crippen molar-refractivity contribution in [3.05, 3.63) is 29.8 Å². The molecule has 0 aliphatic rings. The van der Waals surface area contributed by atoms with Crippen LogP contribution in [0.5, 0.6) is 5.75 Å². The molecule has 0 aliphatic carbocycles. The van der Waals surface area contributed by atoms with Crippen molar-refractivity contribution >= 4 is 15.7 Å². The number of para-hydroxylation sites is 1. The summed E-state index contributed by atoms with van der Waals surface area (Å²) in [6, 6.07) is 4.60. The van der Waals surface area contributed by atoms with Gasteiger partial charge in [-0.3, -0.25) is 4.79 Å². The fraction of sp³-hybridized carbons (Fsp3) is 0.500. The largest absolute Gasteiger partial charge is 0.573 e. The molecule has 24 heavy (non-hydrogen) atoms. The second-order valence-electron chi connectivity index (χ2n) is 5.22. The normalized spacial score (nSPS) is 13.4. The third-order valence-corrected chi connectivity index (χ3v) is 4.01. The highest BCUT2D eigenvalue weighted by Gasteiger charge is 2.31. The van der Waals surface area contributed by atoms with E-state index in [2.05, 4.69) is 10.1 Å². The number of carbonyl (C=O) groups excluding carboxylic acids is 1. The summed E-state index contributed by atoms with van der Waals surface area (Å²) in [4.78, 5) is 11.7. The lowest BCUT2D eigenvalue weighted by Gasteiger charge is -2.14. The molecule has 1 amide bonds. The van der Waals surface area contributed by atoms with Crippen LogP contribution >= 0.6 is 0 Å². The van der Waals surface area contributed by atoms with Crippen LogP contribution in [0.3, 0.4) is 0 Å². The van der Waals surface area contributed by atoms with E-state index >= 15 is 0 Å². The summed E-state index contributed by atoms with van der Waals surface area (Å²) < 4.78 is 62.8. The van der Waals surface area contributed by atoms with Gasteiger partial charge in [0, 0.05) is 12.8 Å². The third kappa shape index (κ3) is 8.16. The number of sulfone groups is 1. The van der Waals surface area contributed by atoms with Gasteiger partial charge in [0.25, 0.3) is 0 Å². The molecule has 6 nitrogen and oxygen atoms in total. The van der Waals surface area contributed by atoms with E-state index in [1.165, 1.54) is 18.2 Å². The zero-order valence-electron chi connectivity index (χ0n) is 13.0. The molecule has 0 radical (unpaired) electrons. The van der Waals surface area contributed by atoms with Crippen LogP contribution in [0.4, 0.5) is 13.2 Å². The monoisotopic (exact) mass is 368 g/mol. The van der Waals surface area contributed by atoms with E-state index in [0.717, 1.165) is 6.26 Å². The van der Waals surface area contributed by atoms with E-state index in [0.29, 0.717) is 0 Å². The molecule has 0 bridgehead atoms. The minimum Gasteiger partial charge on any atom is -0.406 e. The van der Waals surface area contributed by atoms with Gasteiger partial charge in [-0.15, -0.1) is 13.2 Å². The maximum atomic E-state index is 12.3. The topological polar surface area (TPSA) is 98.5 Å². The van der Waals surface area contributed by atoms with Gasteiger partial charge in [-0.1, -0.05) is 18.2 Å². The summed E-state index contributed by atoms with van der Waals surface area (Å²) >= 11 is 0. The number of halogens is 3. The number of benzene rings is 1. The number of rotatable bonds is 8. The third-order valence-electron chi connectivity index (χ3n) is 3.03. The lowest BCUT2D eigenvalue weighted by Crippen LogP contribution is -2.42. The van der Waals surface area contributed by atoms with Gasteiger partial charge in [0.05, 0.1) is 11.8 Å². The van der Waals surface area contributed by atoms with E-state index in [-0.39, 0.29) is 36.5 Å². The van der Waals surface area contributed by atoms with Crippen LogP contribution in [0.2, 0.25) is 0 Å². The van der Waals surface area contributed by atoms with Gasteiger partial charge in [0.2, 0.25) is 5.91 Å². The molecule has 0 spiro atoms. The Morgan fingerprint density at radius 1 is 1.33 bits per heavy atom. The second kappa shape index (κ2) is 8.34. The molecule has 1 unspecified atom stereocenters. The molecule has 1 aromatic carbocycles. The van der Waals surface area contributed by atoms with E-state index in [1.807, 2.05) is 0 Å². The van der Waals surface area contributed by atoms with Crippen LogP contribution in [-0.4, -0.2) is 45.3 Å². The van der Waals surface area contributed by atoms with Crippen LogP contribution in [0, 0.1) is 0 Å². The highest BCUT2D eigenvalue weighted by Crippen LogP contribution is 2.26. The number of hydrogen-bond donors (Lipinski definition) is 2. The van der Waals surface area contributed by atoms with Gasteiger partial charge in [0.1, 0.15) is 15.6 Å². The van der Waals surface area contributed by atoms with Crippen molar-refractivity contribution in [3.8, 4) is 5.75 Å². The zero-order valence-corrected chi connectivity index (χ0v) is 13.8. The molecule has 136 valence electrons. The second-order valence-corrected chi connectivity index (χ2v) is 7.48. The average Bonchev–Trinajstić information content (AvgIpc) is 2.44. The zero-order chi connectivity index (χ0) is 18.4. The van der Waals surface area contributed by atoms with Gasteiger partial charge in [-0.05, 0) is 24.5 Å². The summed E-state index contributed by atoms with van der Waals surface area (Å²) in [5.74, 6) is -1.11. The SMILES string of the molecule is CS(=O)(=O)CCC(N)C(=O)NCCc1ccccc1OC(F)(F)F. The minimum atomic E-state index is -4.80. The number of nitrogens with one attached hydrogen (secondary N) is 1. The standard InChI is InChI=1S/C14H19F3N2O4S/c1-24(21,22)9-7-11(18)13(20)19-8-6-10-4-2-3-5-12(10)23-14(15,16)17/h2-5,11H,6-9,18H2,1H3,(H,19,20). The average molecular weight is 368 g/mol. The number of amides is 1. The Morgan fingerprint density at radius 2 is 1.96 bits per heavy atom. The summed E-state index contributed by atoms with van der Waals surface area (Å²) in [5.41, 5.74) is 5.84. The highest BCUT2D eigenvalue weighted by atomic mass is 32.2. The Labute approximate surface area is 138 Å². The van der Waals surface area contributed by atoms with Crippen molar-refractivity contribution in [1.29, 1.82) is 0 Å². The molecular weight excluding hydrogens is 349 g/mol. The maximum Gasteiger partial charge on any atom is 0.573 e. The first-order chi connectivity index (χ1) is 11.0. The number of hydrogen-bond acceptors (Lipinski definition) is 5. The lowest BCUT2D eigenvalue weighted by molar-refractivity contribution is -0.274. The Kier molecular flexibility index (Phi) is 7.03. The molecule has 1 aromatic rings. The molecule has 0 saturated heterocycles. The molecule has 0 saturated carbocycles. The van der Waals surface area contributed by atoms with Crippen LogP contribution in [0.15, 0.2) is 24.3 Å². The van der Waals surface area contributed by atoms with E-state index in [9.17, 15) is 26.4 Å². The quantitative estimate of drug-likeness (QED) is 0.713. The summed E-state index contributed by atoms with van der Waals surface area (Å²) in [7, 11) is -3.22. The number of alkyl halides is 3. The Balaban J connectivity index is 2.51. The number of ether oxygens (including phenoxy) is 1. The molecular formula is C14H19F3N2O4S. The van der Waals surface area contributed by atoms with Crippen molar-refractivity contribution in [2.45, 2.75) is 25.2 Å². The Morgan fingerprint density at radius 3 is 2.54 bits per heavy atom. The molecule has 1 atom stereocenters. The first-order valence-electron chi connectivity index (χ1n) is 7.02. The van der Waals surface area contributed by atoms with Crippen LogP contribution < -0.4 is 15.8 Å². The van der Waals surface area contributed by atoms with Gasteiger partial charge >= 0.3 is 6.36 Å². The van der Waals surface area contributed by atoms with Crippen molar-refractivity contribution < 1.29 is 31.1 Å². The summed E-state index contributed by atoms with van der Waals surface area (Å²) in [6.07, 6.45) is -3.68. The molecule has 0 aromatic heterocycles. The van der Waals surface area contributed by atoms with Crippen molar-refractivity contribution in [2.75, 3.05) is 18.6 Å². The van der Waals surface area contributed by atoms with Gasteiger partial charge in [0.15, 0.2) is 0 Å². The first-order valence-corrected chi connectivity index (χ1v) is 9.08. The number of carbonyl (C=O) groups is 1. The summed E-state index contributed by atoms with van der Waals surface area (Å²) in [5, 5.41) is 2.46. The molecule has 0 fully saturated rings. The van der Waals surface area contributed by atoms with Crippen LogP contribution in [-0.2, 0) is 21.1 Å². The van der Waals surface area contributed by atoms with Crippen LogP contribution in [0.25, 0.3) is 0 Å². The van der Waals surface area contributed by atoms with Crippen molar-refractivity contribution in [2.24, 2.45) is 5.73 Å². The molecule has 0 aliphatic heterocycles. The molecule has 3 N–H and O–H groups in total. The van der Waals surface area contributed by atoms with E-state index in [1.54, 1.807) is 6.07 Å².